The topological polar surface area (TPSA) is 82.1 Å². The molecule has 1 fully saturated rings. The molecule has 0 bridgehead atoms. The van der Waals surface area contributed by atoms with Gasteiger partial charge >= 0.3 is 5.97 Å². The molecule has 1 heterocycles. The van der Waals surface area contributed by atoms with Crippen molar-refractivity contribution in [3.8, 4) is 11.5 Å². The number of benzene rings is 2. The van der Waals surface area contributed by atoms with Crippen LogP contribution in [0.25, 0.3) is 6.08 Å². The van der Waals surface area contributed by atoms with E-state index < -0.39 is 5.97 Å². The van der Waals surface area contributed by atoms with Crippen LogP contribution in [0.4, 0.5) is 4.79 Å². The highest BCUT2D eigenvalue weighted by Crippen LogP contribution is 2.32. The lowest BCUT2D eigenvalue weighted by molar-refractivity contribution is -0.142. The molecule has 0 saturated carbocycles. The second-order valence-electron chi connectivity index (χ2n) is 5.93. The molecule has 0 aromatic heterocycles. The molecular weight excluding hydrogens is 394 g/mol. The van der Waals surface area contributed by atoms with E-state index in [0.29, 0.717) is 16.4 Å². The largest absolute Gasteiger partial charge is 0.492 e. The molecule has 2 aromatic rings. The van der Waals surface area contributed by atoms with E-state index in [2.05, 4.69) is 4.74 Å². The average molecular weight is 413 g/mol. The number of imide groups is 1. The number of hydrogen-bond donors (Lipinski definition) is 0. The molecule has 7 nitrogen and oxygen atoms in total. The highest BCUT2D eigenvalue weighted by Gasteiger charge is 2.34. The second kappa shape index (κ2) is 9.79. The van der Waals surface area contributed by atoms with Gasteiger partial charge in [0.2, 0.25) is 0 Å². The maximum absolute atomic E-state index is 12.5. The first-order chi connectivity index (χ1) is 14.1. The number of nitrogens with zero attached hydrogens (tertiary/aromatic N) is 1. The van der Waals surface area contributed by atoms with E-state index in [1.807, 2.05) is 30.3 Å². The van der Waals surface area contributed by atoms with Crippen LogP contribution in [0.3, 0.4) is 0 Å². The van der Waals surface area contributed by atoms with Crippen LogP contribution in [0.15, 0.2) is 59.5 Å². The molecule has 8 heteroatoms. The van der Waals surface area contributed by atoms with Gasteiger partial charge in [-0.15, -0.1) is 0 Å². The molecule has 2 aromatic carbocycles. The SMILES string of the molecule is COC(=O)COc1ccc(/C=C2\SC(=O)N(CCOc3ccccc3)C2=O)cc1. The fourth-order valence-electron chi connectivity index (χ4n) is 2.48. The minimum absolute atomic E-state index is 0.178. The Hall–Kier alpha value is -3.26. The summed E-state index contributed by atoms with van der Waals surface area (Å²) in [6.07, 6.45) is 1.65. The van der Waals surface area contributed by atoms with E-state index in [1.54, 1.807) is 30.3 Å². The molecule has 0 spiro atoms. The van der Waals surface area contributed by atoms with Crippen molar-refractivity contribution in [2.45, 2.75) is 0 Å². The summed E-state index contributed by atoms with van der Waals surface area (Å²) in [5.41, 5.74) is 0.737. The number of methoxy groups -OCH3 is 1. The van der Waals surface area contributed by atoms with Crippen molar-refractivity contribution in [3.05, 3.63) is 65.1 Å². The van der Waals surface area contributed by atoms with Crippen molar-refractivity contribution in [1.82, 2.24) is 4.90 Å². The van der Waals surface area contributed by atoms with Crippen LogP contribution in [0.5, 0.6) is 11.5 Å². The Kier molecular flexibility index (Phi) is 6.91. The summed E-state index contributed by atoms with van der Waals surface area (Å²) in [6.45, 7) is 0.221. The van der Waals surface area contributed by atoms with E-state index in [-0.39, 0.29) is 30.9 Å². The van der Waals surface area contributed by atoms with Crippen LogP contribution in [-0.2, 0) is 14.3 Å². The van der Waals surface area contributed by atoms with Crippen molar-refractivity contribution >= 4 is 35.0 Å². The first-order valence-corrected chi connectivity index (χ1v) is 9.61. The van der Waals surface area contributed by atoms with Crippen LogP contribution in [0.1, 0.15) is 5.56 Å². The predicted octanol–water partition coefficient (Wildman–Crippen LogP) is 3.35. The number of esters is 1. The maximum Gasteiger partial charge on any atom is 0.343 e. The minimum atomic E-state index is -0.473. The fourth-order valence-corrected chi connectivity index (χ4v) is 3.34. The molecule has 1 saturated heterocycles. The Labute approximate surface area is 172 Å². The first-order valence-electron chi connectivity index (χ1n) is 8.79. The summed E-state index contributed by atoms with van der Waals surface area (Å²) >= 11 is 0.895. The minimum Gasteiger partial charge on any atom is -0.492 e. The van der Waals surface area contributed by atoms with E-state index in [0.717, 1.165) is 17.3 Å². The van der Waals surface area contributed by atoms with E-state index in [1.165, 1.54) is 12.0 Å². The lowest BCUT2D eigenvalue weighted by atomic mass is 10.2. The summed E-state index contributed by atoms with van der Waals surface area (Å²) in [5, 5.41) is -0.323. The van der Waals surface area contributed by atoms with Crippen LogP contribution in [0, 0.1) is 0 Å². The molecular formula is C21H19NO6S. The molecule has 1 aliphatic heterocycles. The first kappa shape index (κ1) is 20.5. The van der Waals surface area contributed by atoms with Crippen molar-refractivity contribution < 1.29 is 28.6 Å². The molecule has 2 amide bonds. The van der Waals surface area contributed by atoms with Gasteiger partial charge in [0.25, 0.3) is 11.1 Å². The zero-order chi connectivity index (χ0) is 20.6. The number of thioether (sulfide) groups is 1. The zero-order valence-electron chi connectivity index (χ0n) is 15.7. The lowest BCUT2D eigenvalue weighted by Crippen LogP contribution is -2.32. The number of carbonyl (C=O) groups excluding carboxylic acids is 3. The number of para-hydroxylation sites is 1. The maximum atomic E-state index is 12.5. The number of hydrogen-bond acceptors (Lipinski definition) is 7. The van der Waals surface area contributed by atoms with Gasteiger partial charge in [-0.2, -0.15) is 0 Å². The Bertz CT molecular complexity index is 911. The number of carbonyl (C=O) groups is 3. The van der Waals surface area contributed by atoms with Crippen LogP contribution in [-0.4, -0.2) is 48.9 Å². The van der Waals surface area contributed by atoms with Gasteiger partial charge < -0.3 is 14.2 Å². The highest BCUT2D eigenvalue weighted by atomic mass is 32.2. The average Bonchev–Trinajstić information content (AvgIpc) is 3.01. The van der Waals surface area contributed by atoms with Crippen molar-refractivity contribution in [2.24, 2.45) is 0 Å². The summed E-state index contributed by atoms with van der Waals surface area (Å²) < 4.78 is 15.3. The fraction of sp³-hybridized carbons (Fsp3) is 0.190. The van der Waals surface area contributed by atoms with Gasteiger partial charge in [0.15, 0.2) is 6.61 Å². The second-order valence-corrected chi connectivity index (χ2v) is 6.92. The lowest BCUT2D eigenvalue weighted by Gasteiger charge is -2.13. The Morgan fingerprint density at radius 2 is 1.69 bits per heavy atom. The van der Waals surface area contributed by atoms with Gasteiger partial charge in [-0.1, -0.05) is 30.3 Å². The number of ether oxygens (including phenoxy) is 3. The summed E-state index contributed by atoms with van der Waals surface area (Å²) in [4.78, 5) is 37.3. The molecule has 3 rings (SSSR count). The van der Waals surface area contributed by atoms with Crippen molar-refractivity contribution in [2.75, 3.05) is 26.9 Å². The third kappa shape index (κ3) is 5.61. The zero-order valence-corrected chi connectivity index (χ0v) is 16.5. The molecule has 29 heavy (non-hydrogen) atoms. The summed E-state index contributed by atoms with van der Waals surface area (Å²) in [5.74, 6) is 0.366. The molecule has 150 valence electrons. The third-order valence-corrected chi connectivity index (χ3v) is 4.87. The monoisotopic (exact) mass is 413 g/mol. The predicted molar refractivity (Wildman–Crippen MR) is 109 cm³/mol. The van der Waals surface area contributed by atoms with E-state index in [4.69, 9.17) is 9.47 Å². The Balaban J connectivity index is 1.56. The van der Waals surface area contributed by atoms with Gasteiger partial charge in [-0.3, -0.25) is 14.5 Å². The van der Waals surface area contributed by atoms with Gasteiger partial charge in [0.05, 0.1) is 18.6 Å². The summed E-state index contributed by atoms with van der Waals surface area (Å²) in [7, 11) is 1.29. The van der Waals surface area contributed by atoms with Gasteiger partial charge in [0.1, 0.15) is 18.1 Å². The molecule has 0 atom stereocenters. The molecule has 1 aliphatic rings. The number of rotatable bonds is 8. The quantitative estimate of drug-likeness (QED) is 0.485. The van der Waals surface area contributed by atoms with Gasteiger partial charge in [-0.25, -0.2) is 4.79 Å². The van der Waals surface area contributed by atoms with Crippen LogP contribution < -0.4 is 9.47 Å². The standard InChI is InChI=1S/C21H19NO6S/c1-26-19(23)14-28-17-9-7-15(8-10-17)13-18-20(24)22(21(25)29-18)11-12-27-16-5-3-2-4-6-16/h2-10,13H,11-12,14H2,1H3/b18-13-. The van der Waals surface area contributed by atoms with E-state index >= 15 is 0 Å². The molecule has 0 aliphatic carbocycles. The normalized spacial score (nSPS) is 14.9. The molecule has 0 unspecified atom stereocenters. The van der Waals surface area contributed by atoms with E-state index in [9.17, 15) is 14.4 Å². The van der Waals surface area contributed by atoms with Crippen molar-refractivity contribution in [3.63, 3.8) is 0 Å². The number of amides is 2. The molecule has 0 radical (unpaired) electrons. The smallest absolute Gasteiger partial charge is 0.343 e. The van der Waals surface area contributed by atoms with Crippen LogP contribution in [0.2, 0.25) is 0 Å². The molecule has 0 N–H and O–H groups in total. The summed E-state index contributed by atoms with van der Waals surface area (Å²) in [6, 6.07) is 16.0. The third-order valence-electron chi connectivity index (χ3n) is 3.96. The van der Waals surface area contributed by atoms with Crippen LogP contribution >= 0.6 is 11.8 Å². The van der Waals surface area contributed by atoms with Gasteiger partial charge in [-0.05, 0) is 47.7 Å². The Morgan fingerprint density at radius 3 is 2.38 bits per heavy atom. The highest BCUT2D eigenvalue weighted by molar-refractivity contribution is 8.18. The van der Waals surface area contributed by atoms with Gasteiger partial charge in [0, 0.05) is 0 Å². The van der Waals surface area contributed by atoms with Crippen molar-refractivity contribution in [1.29, 1.82) is 0 Å². The Morgan fingerprint density at radius 1 is 1.00 bits per heavy atom.